The largest absolute Gasteiger partial charge is 0 e. The molecule has 18 valence electrons. The Bertz CT molecular complexity index is 8.00. The summed E-state index contributed by atoms with van der Waals surface area (Å²) in [6.07, 6.45) is 0. The molecule has 0 N–H and O–H groups in total. The number of hydrogen-bond acceptors (Lipinski definition) is 1. The third kappa shape index (κ3) is 11.8. The van der Waals surface area contributed by atoms with Crippen LogP contribution in [0.15, 0.2) is 0 Å². The van der Waals surface area contributed by atoms with Crippen molar-refractivity contribution in [1.82, 2.24) is 0 Å². The zero-order valence-electron chi connectivity index (χ0n) is 1.82. The number of rotatable bonds is 0. The Labute approximate surface area is 48.1 Å². The molecule has 0 saturated carbocycles. The van der Waals surface area contributed by atoms with Crippen molar-refractivity contribution in [2.45, 2.75) is 0 Å². The molecule has 0 spiro atoms. The zero-order valence-corrected chi connectivity index (χ0v) is 6.20. The van der Waals surface area contributed by atoms with E-state index in [0.29, 0.717) is 16.2 Å². The molecule has 0 heterocycles. The fraction of sp³-hybridized carbons (Fsp3) is 0. The predicted octanol–water partition coefficient (Wildman–Crippen LogP) is -1.95. The van der Waals surface area contributed by atoms with E-state index in [0.717, 1.165) is 0 Å². The van der Waals surface area contributed by atoms with Crippen LogP contribution in [-0.2, 0) is 23.3 Å². The van der Waals surface area contributed by atoms with Crippen molar-refractivity contribution in [3.8, 4) is 0 Å². The van der Waals surface area contributed by atoms with E-state index in [9.17, 15) is 0 Å². The van der Waals surface area contributed by atoms with Crippen molar-refractivity contribution in [2.24, 2.45) is 0 Å². The summed E-state index contributed by atoms with van der Waals surface area (Å²) in [5.41, 5.74) is 0. The van der Waals surface area contributed by atoms with Crippen molar-refractivity contribution in [1.29, 1.82) is 0 Å². The van der Waals surface area contributed by atoms with Gasteiger partial charge in [0.1, 0.15) is 0 Å². The Morgan fingerprint density at radius 2 is 1.25 bits per heavy atom. The number of hydrogen-bond donors (Lipinski definition) is 0. The molecule has 0 aliphatic heterocycles. The van der Waals surface area contributed by atoms with E-state index in [-0.39, 0.29) is 27.9 Å². The van der Waals surface area contributed by atoms with Crippen LogP contribution >= 0.6 is 0 Å². The minimum absolute atomic E-state index is 0. The molecule has 0 aromatic rings. The van der Waals surface area contributed by atoms with E-state index in [1.807, 2.05) is 0 Å². The molecule has 0 fully saturated rings. The minimum Gasteiger partial charge on any atom is 0 e. The van der Waals surface area contributed by atoms with Crippen molar-refractivity contribution in [3.63, 3.8) is 0 Å². The van der Waals surface area contributed by atoms with Gasteiger partial charge in [0.25, 0.3) is 0 Å². The Hall–Kier alpha value is 1.02. The first-order chi connectivity index (χ1) is 1.00. The Balaban J connectivity index is -0.00000000500. The summed E-state index contributed by atoms with van der Waals surface area (Å²) in [4.78, 5) is 0. The third-order valence-electron chi connectivity index (χ3n) is 0. The standard InChI is InChI=1S/Al.BH3.O.Zn.H/h;1H3;;;. The molecular formula is H4AlBOZn. The average molecular weight is 123 g/mol. The van der Waals surface area contributed by atoms with E-state index in [1.165, 1.54) is 0 Å². The Kier molecular flexibility index (Phi) is 175. The normalized spacial score (nSPS) is 0.750. The summed E-state index contributed by atoms with van der Waals surface area (Å²) in [6.45, 7) is 0. The monoisotopic (exact) mass is 122 g/mol. The fourth-order valence-corrected chi connectivity index (χ4v) is 0. The van der Waals surface area contributed by atoms with Crippen LogP contribution < -0.4 is 0 Å². The molecule has 0 radical (unpaired) electrons. The van der Waals surface area contributed by atoms with Crippen LogP contribution in [0.3, 0.4) is 0 Å². The topological polar surface area (TPSA) is 17.1 Å². The van der Waals surface area contributed by atoms with Gasteiger partial charge in [-0.25, -0.2) is 0 Å². The molecule has 1 nitrogen and oxygen atoms in total. The van der Waals surface area contributed by atoms with Gasteiger partial charge < -0.3 is 0 Å². The van der Waals surface area contributed by atoms with Gasteiger partial charge in [-0.05, 0) is 0 Å². The second kappa shape index (κ2) is 35.2. The molecule has 4 heavy (non-hydrogen) atoms. The molecule has 0 saturated heterocycles. The molecule has 0 unspecified atom stereocenters. The Morgan fingerprint density at radius 3 is 1.25 bits per heavy atom. The van der Waals surface area contributed by atoms with Gasteiger partial charge in [0.05, 0.1) is 8.41 Å². The van der Waals surface area contributed by atoms with Gasteiger partial charge in [-0.3, -0.25) is 0 Å². The van der Waals surface area contributed by atoms with Crippen LogP contribution in [0.2, 0.25) is 0 Å². The first-order valence-corrected chi connectivity index (χ1v) is 0.866. The van der Waals surface area contributed by atoms with E-state index >= 15 is 0 Å². The first kappa shape index (κ1) is 19.9. The van der Waals surface area contributed by atoms with Gasteiger partial charge in [0, 0.05) is 19.5 Å². The van der Waals surface area contributed by atoms with Gasteiger partial charge in [-0.15, -0.1) is 0 Å². The van der Waals surface area contributed by atoms with Gasteiger partial charge in [0.2, 0.25) is 0 Å². The molecule has 0 aromatic heterocycles. The summed E-state index contributed by atoms with van der Waals surface area (Å²) >= 11 is 0.611. The molecule has 4 heteroatoms. The van der Waals surface area contributed by atoms with Crippen LogP contribution in [0.5, 0.6) is 0 Å². The summed E-state index contributed by atoms with van der Waals surface area (Å²) in [5, 5.41) is 0. The van der Waals surface area contributed by atoms with Crippen LogP contribution in [-0.4, -0.2) is 24.6 Å². The fourth-order valence-electron chi connectivity index (χ4n) is 0. The minimum atomic E-state index is 0. The summed E-state index contributed by atoms with van der Waals surface area (Å²) < 4.78 is 8.28. The SMILES string of the molecule is B.[O]=[AlH].[Zn]. The summed E-state index contributed by atoms with van der Waals surface area (Å²) in [7, 11) is 0. The van der Waals surface area contributed by atoms with Gasteiger partial charge in [-0.2, -0.15) is 0 Å². The second-order valence-corrected chi connectivity index (χ2v) is 0. The smallest absolute Gasteiger partial charge is 0 e. The molecule has 0 amide bonds. The van der Waals surface area contributed by atoms with Gasteiger partial charge in [-0.1, -0.05) is 0 Å². The van der Waals surface area contributed by atoms with Gasteiger partial charge in [0.15, 0.2) is 0 Å². The van der Waals surface area contributed by atoms with E-state index < -0.39 is 0 Å². The summed E-state index contributed by atoms with van der Waals surface area (Å²) in [5.74, 6) is 0. The van der Waals surface area contributed by atoms with E-state index in [2.05, 4.69) is 0 Å². The molecule has 0 aromatic carbocycles. The summed E-state index contributed by atoms with van der Waals surface area (Å²) in [6, 6.07) is 0. The van der Waals surface area contributed by atoms with Crippen LogP contribution in [0.25, 0.3) is 0 Å². The van der Waals surface area contributed by atoms with Crippen molar-refractivity contribution in [2.75, 3.05) is 0 Å². The zero-order chi connectivity index (χ0) is 2.00. The van der Waals surface area contributed by atoms with Crippen LogP contribution in [0, 0.1) is 0 Å². The maximum Gasteiger partial charge on any atom is 0 e. The predicted molar refractivity (Wildman–Crippen MR) is 17.8 cm³/mol. The van der Waals surface area contributed by atoms with E-state index in [4.69, 9.17) is 3.80 Å². The maximum atomic E-state index is 8.28. The third-order valence-corrected chi connectivity index (χ3v) is 0. The maximum absolute atomic E-state index is 8.28. The molecular weight excluding hydrogens is 119 g/mol. The first-order valence-electron chi connectivity index (χ1n) is 0.289. The van der Waals surface area contributed by atoms with Crippen LogP contribution in [0.4, 0.5) is 0 Å². The van der Waals surface area contributed by atoms with Crippen molar-refractivity contribution >= 4 is 24.6 Å². The second-order valence-electron chi connectivity index (χ2n) is 0. The Morgan fingerprint density at radius 1 is 1.25 bits per heavy atom. The average Bonchev–Trinajstić information content (AvgIpc) is 1.00. The molecule has 0 rings (SSSR count). The van der Waals surface area contributed by atoms with Crippen LogP contribution in [0.1, 0.15) is 0 Å². The molecule has 0 bridgehead atoms. The molecule has 0 aliphatic carbocycles. The van der Waals surface area contributed by atoms with Gasteiger partial charge >= 0.3 is 20.0 Å². The van der Waals surface area contributed by atoms with E-state index in [1.54, 1.807) is 0 Å². The van der Waals surface area contributed by atoms with Crippen molar-refractivity contribution < 1.29 is 23.3 Å². The molecule has 0 atom stereocenters. The van der Waals surface area contributed by atoms with Crippen molar-refractivity contribution in [3.05, 3.63) is 0 Å². The quantitative estimate of drug-likeness (QED) is 0.342. The molecule has 0 aliphatic rings.